The van der Waals surface area contributed by atoms with E-state index in [1.807, 2.05) is 55.5 Å². The summed E-state index contributed by atoms with van der Waals surface area (Å²) in [4.78, 5) is 10.1. The molecule has 0 amide bonds. The van der Waals surface area contributed by atoms with Gasteiger partial charge in [0.15, 0.2) is 5.75 Å². The first kappa shape index (κ1) is 14.7. The minimum absolute atomic E-state index is 0.479. The highest BCUT2D eigenvalue weighted by Crippen LogP contribution is 2.19. The van der Waals surface area contributed by atoms with E-state index in [0.717, 1.165) is 17.7 Å². The maximum Gasteiger partial charge on any atom is 0.165 e. The van der Waals surface area contributed by atoms with Gasteiger partial charge in [0.2, 0.25) is 0 Å². The Hall–Kier alpha value is -1.71. The number of hydrogen-bond donors (Lipinski definition) is 0. The van der Waals surface area contributed by atoms with Crippen LogP contribution < -0.4 is 9.62 Å². The number of halogens is 1. The Kier molecular flexibility index (Phi) is 5.71. The Labute approximate surface area is 124 Å². The highest BCUT2D eigenvalue weighted by atomic mass is 35.5. The summed E-state index contributed by atoms with van der Waals surface area (Å²) in [6, 6.07) is 14.9. The van der Waals surface area contributed by atoms with E-state index in [4.69, 9.17) is 26.1 Å². The fourth-order valence-corrected chi connectivity index (χ4v) is 1.79. The molecule has 2 aromatic rings. The van der Waals surface area contributed by atoms with Crippen LogP contribution in [0.4, 0.5) is 0 Å². The van der Waals surface area contributed by atoms with Crippen LogP contribution in [0, 0.1) is 0 Å². The van der Waals surface area contributed by atoms with Crippen LogP contribution in [0.3, 0.4) is 0 Å². The molecule has 0 saturated heterocycles. The van der Waals surface area contributed by atoms with E-state index >= 15 is 0 Å². The second-order valence-corrected chi connectivity index (χ2v) is 4.73. The zero-order valence-corrected chi connectivity index (χ0v) is 12.1. The van der Waals surface area contributed by atoms with Crippen LogP contribution in [0.25, 0.3) is 0 Å². The van der Waals surface area contributed by atoms with Crippen molar-refractivity contribution < 1.29 is 14.5 Å². The summed E-state index contributed by atoms with van der Waals surface area (Å²) < 4.78 is 5.67. The summed E-state index contributed by atoms with van der Waals surface area (Å²) in [7, 11) is 0. The molecule has 0 saturated carbocycles. The fraction of sp³-hybridized carbons (Fsp3) is 0.250. The zero-order valence-electron chi connectivity index (χ0n) is 11.3. The molecule has 20 heavy (non-hydrogen) atoms. The highest BCUT2D eigenvalue weighted by molar-refractivity contribution is 6.30. The van der Waals surface area contributed by atoms with Crippen LogP contribution in [0.2, 0.25) is 5.02 Å². The van der Waals surface area contributed by atoms with E-state index in [1.165, 1.54) is 0 Å². The standard InChI is InChI=1S/C16H17ClO3/c1-2-10-19-20-16-8-6-15(7-9-16)18-12-13-4-3-5-14(17)11-13/h3-9,11H,2,10,12H2,1H3. The van der Waals surface area contributed by atoms with Gasteiger partial charge in [-0.1, -0.05) is 30.7 Å². The summed E-state index contributed by atoms with van der Waals surface area (Å²) in [6.07, 6.45) is 0.917. The Morgan fingerprint density at radius 2 is 1.75 bits per heavy atom. The van der Waals surface area contributed by atoms with Gasteiger partial charge in [-0.15, -0.1) is 0 Å². The van der Waals surface area contributed by atoms with Gasteiger partial charge < -0.3 is 9.62 Å². The van der Waals surface area contributed by atoms with Gasteiger partial charge in [0.1, 0.15) is 12.4 Å². The SMILES string of the molecule is CCCOOc1ccc(OCc2cccc(Cl)c2)cc1. The van der Waals surface area contributed by atoms with Crippen molar-refractivity contribution in [3.63, 3.8) is 0 Å². The number of benzene rings is 2. The normalized spacial score (nSPS) is 10.3. The second-order valence-electron chi connectivity index (χ2n) is 4.30. The molecule has 0 aliphatic carbocycles. The third kappa shape index (κ3) is 4.76. The van der Waals surface area contributed by atoms with E-state index in [9.17, 15) is 0 Å². The van der Waals surface area contributed by atoms with Crippen molar-refractivity contribution in [2.45, 2.75) is 20.0 Å². The molecule has 3 nitrogen and oxygen atoms in total. The van der Waals surface area contributed by atoms with Crippen molar-refractivity contribution in [2.75, 3.05) is 6.61 Å². The van der Waals surface area contributed by atoms with Crippen LogP contribution in [0.1, 0.15) is 18.9 Å². The van der Waals surface area contributed by atoms with Gasteiger partial charge in [-0.3, -0.25) is 0 Å². The first-order valence-corrected chi connectivity index (χ1v) is 6.92. The highest BCUT2D eigenvalue weighted by Gasteiger charge is 1.99. The number of ether oxygens (including phenoxy) is 1. The maximum absolute atomic E-state index is 5.92. The predicted molar refractivity (Wildman–Crippen MR) is 79.1 cm³/mol. The molecule has 0 N–H and O–H groups in total. The first-order chi connectivity index (χ1) is 9.78. The van der Waals surface area contributed by atoms with Crippen LogP contribution in [-0.4, -0.2) is 6.61 Å². The topological polar surface area (TPSA) is 27.7 Å². The zero-order chi connectivity index (χ0) is 14.2. The minimum Gasteiger partial charge on any atom is -0.489 e. The van der Waals surface area contributed by atoms with Crippen molar-refractivity contribution in [2.24, 2.45) is 0 Å². The Balaban J connectivity index is 1.84. The molecule has 0 aliphatic rings. The van der Waals surface area contributed by atoms with E-state index < -0.39 is 0 Å². The molecule has 0 radical (unpaired) electrons. The van der Waals surface area contributed by atoms with Crippen molar-refractivity contribution in [1.29, 1.82) is 0 Å². The molecule has 0 bridgehead atoms. The molecule has 0 aromatic heterocycles. The lowest BCUT2D eigenvalue weighted by atomic mass is 10.2. The largest absolute Gasteiger partial charge is 0.489 e. The van der Waals surface area contributed by atoms with E-state index in [0.29, 0.717) is 24.0 Å². The molecule has 0 unspecified atom stereocenters. The molecule has 0 aliphatic heterocycles. The molecule has 0 fully saturated rings. The lowest BCUT2D eigenvalue weighted by Gasteiger charge is -2.08. The molecule has 106 valence electrons. The molecular weight excluding hydrogens is 276 g/mol. The molecule has 2 rings (SSSR count). The molecule has 0 heterocycles. The Morgan fingerprint density at radius 3 is 2.45 bits per heavy atom. The average molecular weight is 293 g/mol. The molecule has 0 atom stereocenters. The van der Waals surface area contributed by atoms with Gasteiger partial charge in [-0.05, 0) is 48.4 Å². The Morgan fingerprint density at radius 1 is 1.00 bits per heavy atom. The average Bonchev–Trinajstić information content (AvgIpc) is 2.47. The maximum atomic E-state index is 5.92. The lowest BCUT2D eigenvalue weighted by Crippen LogP contribution is -1.98. The smallest absolute Gasteiger partial charge is 0.165 e. The van der Waals surface area contributed by atoms with Crippen LogP contribution >= 0.6 is 11.6 Å². The lowest BCUT2D eigenvalue weighted by molar-refractivity contribution is -0.206. The first-order valence-electron chi connectivity index (χ1n) is 6.54. The summed E-state index contributed by atoms with van der Waals surface area (Å²) in [5, 5.41) is 0.711. The van der Waals surface area contributed by atoms with E-state index in [1.54, 1.807) is 0 Å². The van der Waals surface area contributed by atoms with E-state index in [-0.39, 0.29) is 0 Å². The molecular formula is C16H17ClO3. The molecule has 2 aromatic carbocycles. The van der Waals surface area contributed by atoms with Crippen LogP contribution in [0.5, 0.6) is 11.5 Å². The monoisotopic (exact) mass is 292 g/mol. The number of rotatable bonds is 7. The summed E-state index contributed by atoms with van der Waals surface area (Å²) >= 11 is 5.92. The minimum atomic E-state index is 0.479. The van der Waals surface area contributed by atoms with E-state index in [2.05, 4.69) is 0 Å². The quantitative estimate of drug-likeness (QED) is 0.423. The van der Waals surface area contributed by atoms with Crippen LogP contribution in [-0.2, 0) is 11.5 Å². The van der Waals surface area contributed by atoms with Crippen molar-refractivity contribution >= 4 is 11.6 Å². The second kappa shape index (κ2) is 7.78. The molecule has 0 spiro atoms. The van der Waals surface area contributed by atoms with Gasteiger partial charge in [0.05, 0.1) is 6.61 Å². The van der Waals surface area contributed by atoms with Gasteiger partial charge >= 0.3 is 0 Å². The third-order valence-electron chi connectivity index (χ3n) is 2.56. The fourth-order valence-electron chi connectivity index (χ4n) is 1.58. The summed E-state index contributed by atoms with van der Waals surface area (Å²) in [6.45, 7) is 3.08. The third-order valence-corrected chi connectivity index (χ3v) is 2.80. The van der Waals surface area contributed by atoms with Gasteiger partial charge in [-0.2, -0.15) is 4.89 Å². The summed E-state index contributed by atoms with van der Waals surface area (Å²) in [5.74, 6) is 1.43. The van der Waals surface area contributed by atoms with Crippen molar-refractivity contribution in [1.82, 2.24) is 0 Å². The van der Waals surface area contributed by atoms with Crippen LogP contribution in [0.15, 0.2) is 48.5 Å². The molecule has 4 heteroatoms. The Bertz CT molecular complexity index is 526. The van der Waals surface area contributed by atoms with Crippen molar-refractivity contribution in [3.05, 3.63) is 59.1 Å². The van der Waals surface area contributed by atoms with Crippen molar-refractivity contribution in [3.8, 4) is 11.5 Å². The van der Waals surface area contributed by atoms with Gasteiger partial charge in [0.25, 0.3) is 0 Å². The summed E-state index contributed by atoms with van der Waals surface area (Å²) in [5.41, 5.74) is 1.03. The van der Waals surface area contributed by atoms with Gasteiger partial charge in [-0.25, -0.2) is 0 Å². The number of hydrogen-bond acceptors (Lipinski definition) is 3. The van der Waals surface area contributed by atoms with Gasteiger partial charge in [0, 0.05) is 5.02 Å². The predicted octanol–water partition coefficient (Wildman–Crippen LogP) is 4.64.